The largest absolute Gasteiger partial charge is 0.303 e. The highest BCUT2D eigenvalue weighted by Gasteiger charge is 2.25. The van der Waals surface area contributed by atoms with Gasteiger partial charge in [-0.05, 0) is 49.1 Å². The molecule has 0 N–H and O–H groups in total. The van der Waals surface area contributed by atoms with E-state index in [9.17, 15) is 13.6 Å². The van der Waals surface area contributed by atoms with E-state index in [0.717, 1.165) is 32.0 Å². The van der Waals surface area contributed by atoms with Crippen LogP contribution in [0.2, 0.25) is 0 Å². The third-order valence-electron chi connectivity index (χ3n) is 3.98. The minimum Gasteiger partial charge on any atom is -0.303 e. The van der Waals surface area contributed by atoms with Gasteiger partial charge in [-0.2, -0.15) is 0 Å². The third kappa shape index (κ3) is 2.45. The molecular weight excluding hydrogens is 234 g/mol. The lowest BCUT2D eigenvalue weighted by atomic mass is 9.79. The van der Waals surface area contributed by atoms with Crippen molar-refractivity contribution >= 4 is 6.29 Å². The van der Waals surface area contributed by atoms with Crippen molar-refractivity contribution in [2.75, 3.05) is 0 Å². The molecule has 0 saturated heterocycles. The van der Waals surface area contributed by atoms with Crippen LogP contribution in [0, 0.1) is 17.6 Å². The predicted molar refractivity (Wildman–Crippen MR) is 66.5 cm³/mol. The molecule has 0 spiro atoms. The molecule has 1 saturated carbocycles. The molecule has 0 unspecified atom stereocenters. The van der Waals surface area contributed by atoms with Crippen molar-refractivity contribution in [3.63, 3.8) is 0 Å². The molecule has 0 atom stereocenters. The summed E-state index contributed by atoms with van der Waals surface area (Å²) in [7, 11) is 0. The summed E-state index contributed by atoms with van der Waals surface area (Å²) in [4.78, 5) is 10.7. The normalized spacial score (nSPS) is 23.9. The summed E-state index contributed by atoms with van der Waals surface area (Å²) in [6, 6.07) is 3.39. The minimum absolute atomic E-state index is 0.0570. The van der Waals surface area contributed by atoms with Crippen molar-refractivity contribution in [1.82, 2.24) is 0 Å². The Bertz CT molecular complexity index is 434. The Labute approximate surface area is 106 Å². The number of hydrogen-bond acceptors (Lipinski definition) is 1. The summed E-state index contributed by atoms with van der Waals surface area (Å²) in [5.41, 5.74) is 0.909. The predicted octanol–water partition coefficient (Wildman–Crippen LogP) is 4.00. The van der Waals surface area contributed by atoms with Crippen molar-refractivity contribution in [1.29, 1.82) is 0 Å². The molecule has 1 aliphatic rings. The smallest absolute Gasteiger partial charge is 0.162 e. The topological polar surface area (TPSA) is 17.1 Å². The van der Waals surface area contributed by atoms with Gasteiger partial charge in [0.05, 0.1) is 0 Å². The molecule has 98 valence electrons. The highest BCUT2D eigenvalue weighted by Crippen LogP contribution is 2.37. The highest BCUT2D eigenvalue weighted by molar-refractivity contribution is 5.53. The zero-order valence-corrected chi connectivity index (χ0v) is 10.6. The molecule has 0 aliphatic heterocycles. The summed E-state index contributed by atoms with van der Waals surface area (Å²) in [5, 5.41) is 0. The molecule has 18 heavy (non-hydrogen) atoms. The Hall–Kier alpha value is -1.25. The van der Waals surface area contributed by atoms with Gasteiger partial charge >= 0.3 is 0 Å². The molecule has 3 heteroatoms. The minimum atomic E-state index is -0.701. The average molecular weight is 252 g/mol. The molecular formula is C15H18F2O. The Morgan fingerprint density at radius 3 is 2.39 bits per heavy atom. The summed E-state index contributed by atoms with van der Waals surface area (Å²) < 4.78 is 27.7. The standard InChI is InChI=1S/C15H18F2O/c1-2-11-7-8-13(15(17)14(11)16)12-5-3-10(9-18)4-6-12/h7-10,12H,2-6H2,1H3. The van der Waals surface area contributed by atoms with Crippen molar-refractivity contribution in [3.8, 4) is 0 Å². The number of benzene rings is 1. The molecule has 0 heterocycles. The number of carbonyl (C=O) groups is 1. The van der Waals surface area contributed by atoms with Gasteiger partial charge in [-0.3, -0.25) is 0 Å². The van der Waals surface area contributed by atoms with Gasteiger partial charge in [-0.1, -0.05) is 19.1 Å². The Morgan fingerprint density at radius 2 is 1.83 bits per heavy atom. The van der Waals surface area contributed by atoms with Crippen LogP contribution in [0.1, 0.15) is 49.7 Å². The highest BCUT2D eigenvalue weighted by atomic mass is 19.2. The van der Waals surface area contributed by atoms with Gasteiger partial charge in [0.2, 0.25) is 0 Å². The van der Waals surface area contributed by atoms with Crippen LogP contribution in [0.3, 0.4) is 0 Å². The van der Waals surface area contributed by atoms with Crippen molar-refractivity contribution < 1.29 is 13.6 Å². The second-order valence-electron chi connectivity index (χ2n) is 5.04. The Morgan fingerprint density at radius 1 is 1.17 bits per heavy atom. The van der Waals surface area contributed by atoms with Crippen LogP contribution in [0.4, 0.5) is 8.78 Å². The van der Waals surface area contributed by atoms with Crippen molar-refractivity contribution in [3.05, 3.63) is 34.9 Å². The van der Waals surface area contributed by atoms with Crippen LogP contribution in [0.15, 0.2) is 12.1 Å². The number of aryl methyl sites for hydroxylation is 1. The molecule has 0 bridgehead atoms. The fraction of sp³-hybridized carbons (Fsp3) is 0.533. The molecule has 1 fully saturated rings. The first kappa shape index (κ1) is 13.2. The van der Waals surface area contributed by atoms with E-state index in [1.54, 1.807) is 12.1 Å². The summed E-state index contributed by atoms with van der Waals surface area (Å²) in [6.07, 6.45) is 4.58. The number of rotatable bonds is 3. The number of aldehydes is 1. The van der Waals surface area contributed by atoms with E-state index in [0.29, 0.717) is 17.5 Å². The van der Waals surface area contributed by atoms with Gasteiger partial charge in [0.1, 0.15) is 6.29 Å². The quantitative estimate of drug-likeness (QED) is 0.743. The lowest BCUT2D eigenvalue weighted by molar-refractivity contribution is -0.111. The zero-order chi connectivity index (χ0) is 13.1. The van der Waals surface area contributed by atoms with E-state index in [4.69, 9.17) is 0 Å². The van der Waals surface area contributed by atoms with Crippen LogP contribution < -0.4 is 0 Å². The van der Waals surface area contributed by atoms with Crippen LogP contribution in [-0.2, 0) is 11.2 Å². The van der Waals surface area contributed by atoms with Crippen LogP contribution in [0.5, 0.6) is 0 Å². The zero-order valence-electron chi connectivity index (χ0n) is 10.6. The van der Waals surface area contributed by atoms with E-state index in [-0.39, 0.29) is 11.8 Å². The van der Waals surface area contributed by atoms with Gasteiger partial charge in [-0.15, -0.1) is 0 Å². The molecule has 1 aromatic rings. The summed E-state index contributed by atoms with van der Waals surface area (Å²) in [6.45, 7) is 1.81. The molecule has 0 aromatic heterocycles. The summed E-state index contributed by atoms with van der Waals surface area (Å²) >= 11 is 0. The number of carbonyl (C=O) groups excluding carboxylic acids is 1. The Kier molecular flexibility index (Phi) is 4.10. The lowest BCUT2D eigenvalue weighted by Gasteiger charge is -2.26. The second kappa shape index (κ2) is 5.59. The van der Waals surface area contributed by atoms with Gasteiger partial charge in [0, 0.05) is 5.92 Å². The number of halogens is 2. The molecule has 1 aliphatic carbocycles. The van der Waals surface area contributed by atoms with E-state index in [1.807, 2.05) is 6.92 Å². The van der Waals surface area contributed by atoms with E-state index in [2.05, 4.69) is 0 Å². The maximum atomic E-state index is 14.0. The molecule has 2 rings (SSSR count). The Balaban J connectivity index is 2.19. The van der Waals surface area contributed by atoms with Gasteiger partial charge in [0.15, 0.2) is 11.6 Å². The average Bonchev–Trinajstić information content (AvgIpc) is 2.42. The maximum absolute atomic E-state index is 14.0. The van der Waals surface area contributed by atoms with Crippen molar-refractivity contribution in [2.45, 2.75) is 44.9 Å². The fourth-order valence-electron chi connectivity index (χ4n) is 2.76. The van der Waals surface area contributed by atoms with Gasteiger partial charge in [-0.25, -0.2) is 8.78 Å². The van der Waals surface area contributed by atoms with E-state index >= 15 is 0 Å². The van der Waals surface area contributed by atoms with Gasteiger partial charge in [0.25, 0.3) is 0 Å². The lowest BCUT2D eigenvalue weighted by Crippen LogP contribution is -2.15. The van der Waals surface area contributed by atoms with Crippen LogP contribution in [-0.4, -0.2) is 6.29 Å². The SMILES string of the molecule is CCc1ccc(C2CCC(C=O)CC2)c(F)c1F. The molecule has 0 radical (unpaired) electrons. The van der Waals surface area contributed by atoms with E-state index in [1.165, 1.54) is 0 Å². The summed E-state index contributed by atoms with van der Waals surface area (Å²) in [5.74, 6) is -1.23. The maximum Gasteiger partial charge on any atom is 0.162 e. The number of hydrogen-bond donors (Lipinski definition) is 0. The van der Waals surface area contributed by atoms with Crippen molar-refractivity contribution in [2.24, 2.45) is 5.92 Å². The fourth-order valence-corrected chi connectivity index (χ4v) is 2.76. The molecule has 1 aromatic carbocycles. The van der Waals surface area contributed by atoms with Gasteiger partial charge < -0.3 is 4.79 Å². The second-order valence-corrected chi connectivity index (χ2v) is 5.04. The van der Waals surface area contributed by atoms with Crippen LogP contribution >= 0.6 is 0 Å². The molecule has 1 nitrogen and oxygen atoms in total. The first-order chi connectivity index (χ1) is 8.67. The van der Waals surface area contributed by atoms with E-state index < -0.39 is 11.6 Å². The first-order valence-corrected chi connectivity index (χ1v) is 6.59. The molecule has 0 amide bonds. The third-order valence-corrected chi connectivity index (χ3v) is 3.98. The first-order valence-electron chi connectivity index (χ1n) is 6.59. The van der Waals surface area contributed by atoms with Crippen LogP contribution in [0.25, 0.3) is 0 Å². The monoisotopic (exact) mass is 252 g/mol.